The number of likely N-dealkylation sites (tertiary alicyclic amines) is 1. The molecule has 1 heterocycles. The van der Waals surface area contributed by atoms with Gasteiger partial charge in [0, 0.05) is 17.7 Å². The molecule has 0 amide bonds. The summed E-state index contributed by atoms with van der Waals surface area (Å²) in [5.74, 6) is 1.11. The normalized spacial score (nSPS) is 16.8. The van der Waals surface area contributed by atoms with Crippen LogP contribution in [-0.2, 0) is 0 Å². The molecule has 22 heavy (non-hydrogen) atoms. The summed E-state index contributed by atoms with van der Waals surface area (Å²) in [4.78, 5) is 14.7. The number of unbranched alkanes of at least 4 members (excludes halogenated alkanes) is 1. The van der Waals surface area contributed by atoms with E-state index in [9.17, 15) is 4.79 Å². The van der Waals surface area contributed by atoms with Gasteiger partial charge in [0.25, 0.3) is 0 Å². The summed E-state index contributed by atoms with van der Waals surface area (Å²) in [7, 11) is 0. The van der Waals surface area contributed by atoms with Crippen LogP contribution in [0.3, 0.4) is 0 Å². The maximum atomic E-state index is 12.2. The molecule has 2 N–H and O–H groups in total. The van der Waals surface area contributed by atoms with Crippen LogP contribution >= 0.6 is 0 Å². The van der Waals surface area contributed by atoms with E-state index in [2.05, 4.69) is 11.8 Å². The molecule has 2 rings (SSSR count). The number of nitrogen functional groups attached to an aromatic ring is 1. The first-order chi connectivity index (χ1) is 10.7. The van der Waals surface area contributed by atoms with Crippen molar-refractivity contribution in [2.45, 2.75) is 51.9 Å². The van der Waals surface area contributed by atoms with Gasteiger partial charge in [-0.3, -0.25) is 4.79 Å². The van der Waals surface area contributed by atoms with Crippen molar-refractivity contribution in [3.05, 3.63) is 29.8 Å². The first-order valence-corrected chi connectivity index (χ1v) is 8.80. The lowest BCUT2D eigenvalue weighted by Gasteiger charge is -2.31. The van der Waals surface area contributed by atoms with Gasteiger partial charge < -0.3 is 10.6 Å². The van der Waals surface area contributed by atoms with Gasteiger partial charge in [0.1, 0.15) is 0 Å². The van der Waals surface area contributed by atoms with Crippen molar-refractivity contribution in [3.63, 3.8) is 0 Å². The van der Waals surface area contributed by atoms with Gasteiger partial charge in [-0.25, -0.2) is 0 Å². The smallest absolute Gasteiger partial charge is 0.164 e. The van der Waals surface area contributed by atoms with Crippen molar-refractivity contribution in [1.82, 2.24) is 4.90 Å². The molecule has 122 valence electrons. The van der Waals surface area contributed by atoms with Gasteiger partial charge in [-0.05, 0) is 56.9 Å². The van der Waals surface area contributed by atoms with E-state index in [4.69, 9.17) is 5.73 Å². The van der Waals surface area contributed by atoms with Crippen molar-refractivity contribution in [3.8, 4) is 0 Å². The molecule has 0 saturated carbocycles. The minimum atomic E-state index is 0.177. The first kappa shape index (κ1) is 17.0. The standard InChI is InChI=1S/C19H30N2O/c1-2-3-7-16-11-14-21(15-12-16)13-6-10-19(22)17-8-4-5-9-18(17)20/h4-5,8-9,16H,2-3,6-7,10-15,20H2,1H3. The minimum absolute atomic E-state index is 0.177. The van der Waals surface area contributed by atoms with Gasteiger partial charge in [-0.15, -0.1) is 0 Å². The van der Waals surface area contributed by atoms with E-state index in [1.54, 1.807) is 6.07 Å². The van der Waals surface area contributed by atoms with Crippen LogP contribution in [0.25, 0.3) is 0 Å². The number of benzene rings is 1. The molecule has 1 aromatic rings. The highest BCUT2D eigenvalue weighted by Crippen LogP contribution is 2.23. The Morgan fingerprint density at radius 3 is 2.64 bits per heavy atom. The average Bonchev–Trinajstić information content (AvgIpc) is 2.54. The predicted octanol–water partition coefficient (Wildman–Crippen LogP) is 4.13. The van der Waals surface area contributed by atoms with Crippen LogP contribution in [0.4, 0.5) is 5.69 Å². The van der Waals surface area contributed by atoms with Gasteiger partial charge in [-0.1, -0.05) is 38.3 Å². The van der Waals surface area contributed by atoms with E-state index in [1.807, 2.05) is 18.2 Å². The van der Waals surface area contributed by atoms with E-state index in [-0.39, 0.29) is 5.78 Å². The molecule has 1 aromatic carbocycles. The molecule has 1 fully saturated rings. The summed E-state index contributed by atoms with van der Waals surface area (Å²) in [6.07, 6.45) is 8.29. The highest BCUT2D eigenvalue weighted by Gasteiger charge is 2.18. The number of piperidine rings is 1. The molecule has 0 aliphatic carbocycles. The van der Waals surface area contributed by atoms with Crippen LogP contribution in [0.5, 0.6) is 0 Å². The third-order valence-electron chi connectivity index (χ3n) is 4.81. The maximum absolute atomic E-state index is 12.2. The number of ketones is 1. The number of nitrogens with zero attached hydrogens (tertiary/aromatic N) is 1. The SMILES string of the molecule is CCCCC1CCN(CCCC(=O)c2ccccc2N)CC1. The second-order valence-electron chi connectivity index (χ2n) is 6.54. The van der Waals surface area contributed by atoms with Crippen molar-refractivity contribution >= 4 is 11.5 Å². The zero-order chi connectivity index (χ0) is 15.8. The molecule has 3 nitrogen and oxygen atoms in total. The van der Waals surface area contributed by atoms with Gasteiger partial charge in [0.15, 0.2) is 5.78 Å². The number of nitrogens with two attached hydrogens (primary N) is 1. The van der Waals surface area contributed by atoms with E-state index >= 15 is 0 Å². The summed E-state index contributed by atoms with van der Waals surface area (Å²) in [5, 5.41) is 0. The van der Waals surface area contributed by atoms with Gasteiger partial charge in [0.05, 0.1) is 0 Å². The van der Waals surface area contributed by atoms with E-state index in [0.29, 0.717) is 17.7 Å². The number of hydrogen-bond acceptors (Lipinski definition) is 3. The predicted molar refractivity (Wildman–Crippen MR) is 93.1 cm³/mol. The summed E-state index contributed by atoms with van der Waals surface area (Å²) in [6, 6.07) is 7.38. The molecule has 0 unspecified atom stereocenters. The topological polar surface area (TPSA) is 46.3 Å². The monoisotopic (exact) mass is 302 g/mol. The van der Waals surface area contributed by atoms with Crippen molar-refractivity contribution in [1.29, 1.82) is 0 Å². The van der Waals surface area contributed by atoms with Crippen LogP contribution in [0, 0.1) is 5.92 Å². The Hall–Kier alpha value is -1.35. The molecule has 0 atom stereocenters. The molecule has 0 radical (unpaired) electrons. The summed E-state index contributed by atoms with van der Waals surface area (Å²) < 4.78 is 0. The second kappa shape index (κ2) is 8.94. The number of carbonyl (C=O) groups excluding carboxylic acids is 1. The highest BCUT2D eigenvalue weighted by atomic mass is 16.1. The van der Waals surface area contributed by atoms with Crippen molar-refractivity contribution < 1.29 is 4.79 Å². The minimum Gasteiger partial charge on any atom is -0.398 e. The van der Waals surface area contributed by atoms with Crippen LogP contribution < -0.4 is 5.73 Å². The van der Waals surface area contributed by atoms with Crippen molar-refractivity contribution in [2.24, 2.45) is 5.92 Å². The number of rotatable bonds is 8. The van der Waals surface area contributed by atoms with Gasteiger partial charge in [0.2, 0.25) is 0 Å². The quantitative estimate of drug-likeness (QED) is 0.580. The van der Waals surface area contributed by atoms with Crippen LogP contribution in [0.1, 0.15) is 62.2 Å². The van der Waals surface area contributed by atoms with E-state index < -0.39 is 0 Å². The van der Waals surface area contributed by atoms with Crippen LogP contribution in [0.15, 0.2) is 24.3 Å². The van der Waals surface area contributed by atoms with Gasteiger partial charge >= 0.3 is 0 Å². The zero-order valence-electron chi connectivity index (χ0n) is 13.9. The van der Waals surface area contributed by atoms with E-state index in [0.717, 1.165) is 18.9 Å². The number of para-hydroxylation sites is 1. The number of anilines is 1. The average molecular weight is 302 g/mol. The summed E-state index contributed by atoms with van der Waals surface area (Å²) in [5.41, 5.74) is 7.14. The molecule has 1 aliphatic rings. The summed E-state index contributed by atoms with van der Waals surface area (Å²) in [6.45, 7) is 5.72. The van der Waals surface area contributed by atoms with Crippen molar-refractivity contribution in [2.75, 3.05) is 25.4 Å². The van der Waals surface area contributed by atoms with E-state index in [1.165, 1.54) is 45.2 Å². The fourth-order valence-corrected chi connectivity index (χ4v) is 3.34. The molecule has 3 heteroatoms. The Labute approximate surface area is 134 Å². The van der Waals surface area contributed by atoms with Crippen LogP contribution in [0.2, 0.25) is 0 Å². The number of hydrogen-bond donors (Lipinski definition) is 1. The first-order valence-electron chi connectivity index (χ1n) is 8.80. The Morgan fingerprint density at radius 2 is 1.95 bits per heavy atom. The second-order valence-corrected chi connectivity index (χ2v) is 6.54. The summed E-state index contributed by atoms with van der Waals surface area (Å²) >= 11 is 0. The van der Waals surface area contributed by atoms with Crippen LogP contribution in [-0.4, -0.2) is 30.3 Å². The Bertz CT molecular complexity index is 464. The molecule has 0 aromatic heterocycles. The molecule has 1 aliphatic heterocycles. The maximum Gasteiger partial charge on any atom is 0.164 e. The lowest BCUT2D eigenvalue weighted by atomic mass is 9.91. The lowest BCUT2D eigenvalue weighted by molar-refractivity contribution is 0.0970. The largest absolute Gasteiger partial charge is 0.398 e. The molecule has 0 bridgehead atoms. The molecule has 0 spiro atoms. The molecular weight excluding hydrogens is 272 g/mol. The van der Waals surface area contributed by atoms with Gasteiger partial charge in [-0.2, -0.15) is 0 Å². The molecule has 1 saturated heterocycles. The highest BCUT2D eigenvalue weighted by molar-refractivity contribution is 6.00. The fraction of sp³-hybridized carbons (Fsp3) is 0.632. The Morgan fingerprint density at radius 1 is 1.23 bits per heavy atom. The Kier molecular flexibility index (Phi) is 6.91. The lowest BCUT2D eigenvalue weighted by Crippen LogP contribution is -2.34. The Balaban J connectivity index is 1.65. The third kappa shape index (κ3) is 5.13. The fourth-order valence-electron chi connectivity index (χ4n) is 3.34. The third-order valence-corrected chi connectivity index (χ3v) is 4.81. The number of Topliss-reactive ketones (excluding diaryl/α,β-unsaturated/α-hetero) is 1. The molecular formula is C19H30N2O. The zero-order valence-corrected chi connectivity index (χ0v) is 13.9. The number of carbonyl (C=O) groups is 1.